The van der Waals surface area contributed by atoms with E-state index in [0.29, 0.717) is 11.2 Å². The van der Waals surface area contributed by atoms with Gasteiger partial charge < -0.3 is 10.3 Å². The van der Waals surface area contributed by atoms with E-state index in [0.717, 1.165) is 18.9 Å². The highest BCUT2D eigenvalue weighted by Crippen LogP contribution is 2.31. The summed E-state index contributed by atoms with van der Waals surface area (Å²) < 4.78 is 0. The van der Waals surface area contributed by atoms with Gasteiger partial charge >= 0.3 is 0 Å². The number of hydrazine groups is 1. The van der Waals surface area contributed by atoms with Crippen LogP contribution in [0.25, 0.3) is 0 Å². The van der Waals surface area contributed by atoms with Crippen LogP contribution in [-0.4, -0.2) is 23.1 Å². The molecule has 1 aliphatic rings. The van der Waals surface area contributed by atoms with Gasteiger partial charge in [0.05, 0.1) is 12.4 Å². The van der Waals surface area contributed by atoms with Gasteiger partial charge in [-0.25, -0.2) is 10.8 Å². The Morgan fingerprint density at radius 2 is 2.12 bits per heavy atom. The Kier molecular flexibility index (Phi) is 3.47. The monoisotopic (exact) mass is 235 g/mol. The number of rotatable bonds is 2. The van der Waals surface area contributed by atoms with Crippen molar-refractivity contribution in [2.75, 3.05) is 23.4 Å². The molecular weight excluding hydrogens is 214 g/mol. The van der Waals surface area contributed by atoms with Gasteiger partial charge in [-0.15, -0.1) is 0 Å². The maximum absolute atomic E-state index is 5.35. The number of nitrogens with zero attached hydrogens (tertiary/aromatic N) is 3. The summed E-state index contributed by atoms with van der Waals surface area (Å²) in [5.74, 6) is 6.88. The van der Waals surface area contributed by atoms with Crippen LogP contribution in [0.2, 0.25) is 0 Å². The number of nitrogens with two attached hydrogens (primary N) is 1. The first kappa shape index (κ1) is 12.1. The van der Waals surface area contributed by atoms with Gasteiger partial charge in [0.15, 0.2) is 5.82 Å². The van der Waals surface area contributed by atoms with Gasteiger partial charge in [0.2, 0.25) is 0 Å². The van der Waals surface area contributed by atoms with Crippen LogP contribution in [0.15, 0.2) is 12.4 Å². The molecule has 17 heavy (non-hydrogen) atoms. The molecule has 0 aromatic carbocycles. The van der Waals surface area contributed by atoms with Gasteiger partial charge in [0, 0.05) is 13.1 Å². The molecule has 5 heteroatoms. The molecule has 0 unspecified atom stereocenters. The molecule has 0 amide bonds. The van der Waals surface area contributed by atoms with Crippen LogP contribution in [0.4, 0.5) is 11.6 Å². The lowest BCUT2D eigenvalue weighted by Gasteiger charge is -2.24. The van der Waals surface area contributed by atoms with E-state index in [1.165, 1.54) is 19.3 Å². The summed E-state index contributed by atoms with van der Waals surface area (Å²) in [7, 11) is 0. The highest BCUT2D eigenvalue weighted by atomic mass is 15.3. The first-order valence-electron chi connectivity index (χ1n) is 6.14. The Bertz CT molecular complexity index is 377. The standard InChI is InChI=1S/C12H21N5/c1-12(2)4-3-6-17(7-5-12)11-9-14-8-10(15-11)16-13/h8-9H,3-7,13H2,1-2H3,(H,15,16). The molecule has 94 valence electrons. The number of aromatic nitrogens is 2. The van der Waals surface area contributed by atoms with Gasteiger partial charge in [-0.1, -0.05) is 13.8 Å². The third kappa shape index (κ3) is 3.06. The molecule has 0 aliphatic carbocycles. The zero-order valence-electron chi connectivity index (χ0n) is 10.6. The van der Waals surface area contributed by atoms with Crippen molar-refractivity contribution in [3.8, 4) is 0 Å². The normalized spacial score (nSPS) is 19.8. The third-order valence-corrected chi connectivity index (χ3v) is 3.43. The van der Waals surface area contributed by atoms with Crippen LogP contribution >= 0.6 is 0 Å². The highest BCUT2D eigenvalue weighted by molar-refractivity contribution is 5.43. The summed E-state index contributed by atoms with van der Waals surface area (Å²) in [6, 6.07) is 0. The Hall–Kier alpha value is -1.36. The van der Waals surface area contributed by atoms with Gasteiger partial charge in [0.1, 0.15) is 5.82 Å². The molecule has 5 nitrogen and oxygen atoms in total. The molecule has 1 aromatic heterocycles. The quantitative estimate of drug-likeness (QED) is 0.604. The number of nitrogen functional groups attached to an aromatic ring is 1. The smallest absolute Gasteiger partial charge is 0.160 e. The van der Waals surface area contributed by atoms with E-state index in [-0.39, 0.29) is 0 Å². The van der Waals surface area contributed by atoms with E-state index in [9.17, 15) is 0 Å². The van der Waals surface area contributed by atoms with Crippen molar-refractivity contribution in [1.29, 1.82) is 0 Å². The minimum absolute atomic E-state index is 0.436. The minimum Gasteiger partial charge on any atom is -0.355 e. The summed E-state index contributed by atoms with van der Waals surface area (Å²) in [5.41, 5.74) is 2.97. The second-order valence-electron chi connectivity index (χ2n) is 5.41. The van der Waals surface area contributed by atoms with Crippen molar-refractivity contribution in [2.45, 2.75) is 33.1 Å². The predicted octanol–water partition coefficient (Wildman–Crippen LogP) is 1.78. The van der Waals surface area contributed by atoms with Crippen molar-refractivity contribution < 1.29 is 0 Å². The number of hydrogen-bond donors (Lipinski definition) is 2. The molecule has 1 saturated heterocycles. The highest BCUT2D eigenvalue weighted by Gasteiger charge is 2.23. The maximum atomic E-state index is 5.35. The Morgan fingerprint density at radius 1 is 1.29 bits per heavy atom. The maximum Gasteiger partial charge on any atom is 0.160 e. The molecule has 0 radical (unpaired) electrons. The molecule has 1 aromatic rings. The average Bonchev–Trinajstić information content (AvgIpc) is 2.50. The largest absolute Gasteiger partial charge is 0.355 e. The van der Waals surface area contributed by atoms with Gasteiger partial charge in [-0.2, -0.15) is 0 Å². The van der Waals surface area contributed by atoms with Gasteiger partial charge in [-0.3, -0.25) is 4.98 Å². The first-order chi connectivity index (χ1) is 8.11. The minimum atomic E-state index is 0.436. The fourth-order valence-corrected chi connectivity index (χ4v) is 2.23. The molecule has 1 aliphatic heterocycles. The van der Waals surface area contributed by atoms with Crippen LogP contribution in [-0.2, 0) is 0 Å². The van der Waals surface area contributed by atoms with Gasteiger partial charge in [-0.05, 0) is 24.7 Å². The molecule has 3 N–H and O–H groups in total. The lowest BCUT2D eigenvalue weighted by atomic mass is 9.85. The summed E-state index contributed by atoms with van der Waals surface area (Å²) in [4.78, 5) is 10.9. The van der Waals surface area contributed by atoms with Crippen molar-refractivity contribution in [1.82, 2.24) is 9.97 Å². The fraction of sp³-hybridized carbons (Fsp3) is 0.667. The second-order valence-corrected chi connectivity index (χ2v) is 5.41. The van der Waals surface area contributed by atoms with E-state index < -0.39 is 0 Å². The SMILES string of the molecule is CC1(C)CCCN(c2cncc(NN)n2)CC1. The van der Waals surface area contributed by atoms with E-state index >= 15 is 0 Å². The fourth-order valence-electron chi connectivity index (χ4n) is 2.23. The topological polar surface area (TPSA) is 67.1 Å². The summed E-state index contributed by atoms with van der Waals surface area (Å²) in [5, 5.41) is 0. The van der Waals surface area contributed by atoms with E-state index in [1.807, 2.05) is 0 Å². The second kappa shape index (κ2) is 4.87. The Labute approximate surface area is 102 Å². The predicted molar refractivity (Wildman–Crippen MR) is 69.7 cm³/mol. The molecule has 2 heterocycles. The van der Waals surface area contributed by atoms with Crippen molar-refractivity contribution in [3.05, 3.63) is 12.4 Å². The van der Waals surface area contributed by atoms with Crippen LogP contribution in [0.5, 0.6) is 0 Å². The third-order valence-electron chi connectivity index (χ3n) is 3.43. The van der Waals surface area contributed by atoms with Crippen LogP contribution in [0, 0.1) is 5.41 Å². The van der Waals surface area contributed by atoms with Gasteiger partial charge in [0.25, 0.3) is 0 Å². The van der Waals surface area contributed by atoms with Crippen molar-refractivity contribution >= 4 is 11.6 Å². The first-order valence-corrected chi connectivity index (χ1v) is 6.14. The van der Waals surface area contributed by atoms with Crippen molar-refractivity contribution in [2.24, 2.45) is 11.3 Å². The van der Waals surface area contributed by atoms with E-state index in [2.05, 4.69) is 34.1 Å². The average molecular weight is 235 g/mol. The van der Waals surface area contributed by atoms with Crippen molar-refractivity contribution in [3.63, 3.8) is 0 Å². The lowest BCUT2D eigenvalue weighted by molar-refractivity contribution is 0.325. The van der Waals surface area contributed by atoms with Crippen LogP contribution < -0.4 is 16.2 Å². The number of hydrogen-bond acceptors (Lipinski definition) is 5. The Morgan fingerprint density at radius 3 is 2.88 bits per heavy atom. The summed E-state index contributed by atoms with van der Waals surface area (Å²) in [6.07, 6.45) is 7.10. The zero-order valence-corrected chi connectivity index (χ0v) is 10.6. The number of anilines is 2. The molecular formula is C12H21N5. The van der Waals surface area contributed by atoms with Crippen LogP contribution in [0.1, 0.15) is 33.1 Å². The molecule has 0 saturated carbocycles. The molecule has 2 rings (SSSR count). The molecule has 0 spiro atoms. The number of nitrogens with one attached hydrogen (secondary N) is 1. The summed E-state index contributed by atoms with van der Waals surface area (Å²) >= 11 is 0. The summed E-state index contributed by atoms with van der Waals surface area (Å²) in [6.45, 7) is 6.75. The van der Waals surface area contributed by atoms with E-state index in [4.69, 9.17) is 5.84 Å². The molecule has 0 bridgehead atoms. The van der Waals surface area contributed by atoms with E-state index in [1.54, 1.807) is 12.4 Å². The molecule has 0 atom stereocenters. The zero-order chi connectivity index (χ0) is 12.3. The lowest BCUT2D eigenvalue weighted by Crippen LogP contribution is -2.26. The Balaban J connectivity index is 2.11. The van der Waals surface area contributed by atoms with Crippen LogP contribution in [0.3, 0.4) is 0 Å². The molecule has 1 fully saturated rings.